The molecule has 0 fully saturated rings. The molecule has 0 radical (unpaired) electrons. The molecule has 3 heterocycles. The van der Waals surface area contributed by atoms with Crippen molar-refractivity contribution in [3.05, 3.63) is 118 Å². The van der Waals surface area contributed by atoms with E-state index in [0.717, 1.165) is 24.0 Å². The highest BCUT2D eigenvalue weighted by atomic mass is 32.2. The van der Waals surface area contributed by atoms with Crippen molar-refractivity contribution in [1.82, 2.24) is 9.13 Å². The molecular weight excluding hydrogens is 574 g/mol. The van der Waals surface area contributed by atoms with Gasteiger partial charge in [0.25, 0.3) is 5.56 Å². The van der Waals surface area contributed by atoms with Crippen LogP contribution < -0.4 is 16.2 Å². The number of nitrogens with two attached hydrogens (primary N) is 1. The zero-order valence-electron chi connectivity index (χ0n) is 23.4. The van der Waals surface area contributed by atoms with E-state index < -0.39 is 33.4 Å². The molecule has 1 atom stereocenters. The molecule has 2 aromatic heterocycles. The first-order valence-electron chi connectivity index (χ1n) is 13.5. The Morgan fingerprint density at radius 2 is 1.65 bits per heavy atom. The summed E-state index contributed by atoms with van der Waals surface area (Å²) in [6, 6.07) is 16.3. The van der Waals surface area contributed by atoms with Crippen LogP contribution in [0.4, 0.5) is 20.2 Å². The fourth-order valence-electron chi connectivity index (χ4n) is 5.96. The van der Waals surface area contributed by atoms with Crippen LogP contribution in [0.5, 0.6) is 0 Å². The van der Waals surface area contributed by atoms with Gasteiger partial charge < -0.3 is 19.8 Å². The second-order valence-corrected chi connectivity index (χ2v) is 13.0. The summed E-state index contributed by atoms with van der Waals surface area (Å²) in [5.41, 5.74) is 9.21. The Kier molecular flexibility index (Phi) is 6.92. The molecule has 1 amide bonds. The van der Waals surface area contributed by atoms with Gasteiger partial charge in [-0.15, -0.1) is 0 Å². The smallest absolute Gasteiger partial charge is 0.274 e. The molecule has 0 bridgehead atoms. The Bertz CT molecular complexity index is 2090. The molecule has 0 saturated carbocycles. The summed E-state index contributed by atoms with van der Waals surface area (Å²) in [6.07, 6.45) is 5.04. The van der Waals surface area contributed by atoms with E-state index in [1.807, 2.05) is 30.3 Å². The topological polar surface area (TPSA) is 107 Å². The van der Waals surface area contributed by atoms with E-state index in [1.54, 1.807) is 42.2 Å². The van der Waals surface area contributed by atoms with Gasteiger partial charge in [0, 0.05) is 60.4 Å². The first-order valence-corrected chi connectivity index (χ1v) is 15.6. The molecular formula is C32H28F2N4O4S. The SMILES string of the molecule is Cn1cc2c3c(cn(CCc4ccccc4)c3c1=O)C(C(N)=O)N(c1ccc(F)cc1F)c1ccc(CS(C)(=O)=O)cc1-2. The van der Waals surface area contributed by atoms with Crippen LogP contribution in [0.25, 0.3) is 22.0 Å². The number of fused-ring (bicyclic) bond motifs is 2. The maximum atomic E-state index is 15.5. The number of sulfone groups is 1. The normalized spacial score (nSPS) is 14.5. The number of amides is 1. The van der Waals surface area contributed by atoms with Crippen LogP contribution in [0.3, 0.4) is 0 Å². The Morgan fingerprint density at radius 3 is 2.33 bits per heavy atom. The standard InChI is InChI=1S/C32H28F2N4O4S/c1-36-16-23-22-14-20(18-43(2,41)42)8-10-26(22)38(27-11-9-21(33)15-25(27)34)29(31(35)39)24-17-37(30(28(23)24)32(36)40)13-12-19-6-4-3-5-7-19/h3-11,14-17,29H,12-13,18H2,1-2H3,(H2,35,39). The van der Waals surface area contributed by atoms with Crippen LogP contribution in [0.2, 0.25) is 0 Å². The van der Waals surface area contributed by atoms with Gasteiger partial charge in [0.2, 0.25) is 5.91 Å². The fraction of sp³-hybridized carbons (Fsp3) is 0.188. The van der Waals surface area contributed by atoms with Gasteiger partial charge in [-0.2, -0.15) is 0 Å². The molecule has 5 aromatic rings. The lowest BCUT2D eigenvalue weighted by atomic mass is 9.98. The molecule has 11 heteroatoms. The van der Waals surface area contributed by atoms with Crippen molar-refractivity contribution in [2.24, 2.45) is 12.8 Å². The Hall–Kier alpha value is -4.77. The Labute approximate surface area is 246 Å². The summed E-state index contributed by atoms with van der Waals surface area (Å²) >= 11 is 0. The van der Waals surface area contributed by atoms with Crippen LogP contribution in [0.15, 0.2) is 83.9 Å². The number of nitrogens with zero attached hydrogens (tertiary/aromatic N) is 3. The molecule has 6 rings (SSSR count). The summed E-state index contributed by atoms with van der Waals surface area (Å²) in [5, 5.41) is 0.461. The zero-order chi connectivity index (χ0) is 30.6. The second-order valence-electron chi connectivity index (χ2n) is 10.9. The van der Waals surface area contributed by atoms with E-state index >= 15 is 4.39 Å². The van der Waals surface area contributed by atoms with Crippen LogP contribution in [-0.4, -0.2) is 29.7 Å². The number of carbonyl (C=O) groups excluding carboxylic acids is 1. The van der Waals surface area contributed by atoms with Crippen molar-refractivity contribution in [2.75, 3.05) is 11.2 Å². The van der Waals surface area contributed by atoms with Gasteiger partial charge in [-0.25, -0.2) is 17.2 Å². The number of primary amides is 1. The zero-order valence-corrected chi connectivity index (χ0v) is 24.2. The molecule has 220 valence electrons. The highest BCUT2D eigenvalue weighted by Gasteiger charge is 2.38. The number of aromatic nitrogens is 2. The number of benzene rings is 3. The van der Waals surface area contributed by atoms with Crippen molar-refractivity contribution >= 4 is 38.0 Å². The van der Waals surface area contributed by atoms with Crippen molar-refractivity contribution < 1.29 is 22.0 Å². The summed E-state index contributed by atoms with van der Waals surface area (Å²) < 4.78 is 57.2. The molecule has 8 nitrogen and oxygen atoms in total. The first-order chi connectivity index (χ1) is 20.4. The maximum Gasteiger partial charge on any atom is 0.274 e. The predicted molar refractivity (Wildman–Crippen MR) is 162 cm³/mol. The number of aryl methyl sites for hydroxylation is 3. The molecule has 0 saturated heterocycles. The number of hydrogen-bond donors (Lipinski definition) is 1. The Balaban J connectivity index is 1.69. The minimum absolute atomic E-state index is 0.105. The second kappa shape index (κ2) is 10.5. The number of rotatable bonds is 7. The first kappa shape index (κ1) is 28.4. The lowest BCUT2D eigenvalue weighted by molar-refractivity contribution is -0.119. The molecule has 1 aliphatic heterocycles. The van der Waals surface area contributed by atoms with E-state index in [9.17, 15) is 22.4 Å². The number of pyridine rings is 1. The van der Waals surface area contributed by atoms with E-state index in [1.165, 1.54) is 15.5 Å². The minimum atomic E-state index is -3.42. The summed E-state index contributed by atoms with van der Waals surface area (Å²) in [7, 11) is -1.81. The van der Waals surface area contributed by atoms with Gasteiger partial charge in [0.05, 0.1) is 17.1 Å². The Morgan fingerprint density at radius 1 is 0.930 bits per heavy atom. The van der Waals surface area contributed by atoms with Crippen molar-refractivity contribution in [2.45, 2.75) is 24.8 Å². The highest BCUT2D eigenvalue weighted by Crippen LogP contribution is 2.49. The summed E-state index contributed by atoms with van der Waals surface area (Å²) in [6.45, 7) is 0.399. The van der Waals surface area contributed by atoms with E-state index in [0.29, 0.717) is 51.8 Å². The molecule has 2 N–H and O–H groups in total. The third-order valence-corrected chi connectivity index (χ3v) is 8.60. The monoisotopic (exact) mass is 602 g/mol. The number of carbonyl (C=O) groups is 1. The fourth-order valence-corrected chi connectivity index (χ4v) is 6.75. The van der Waals surface area contributed by atoms with Gasteiger partial charge in [0.15, 0.2) is 9.84 Å². The maximum absolute atomic E-state index is 15.5. The average molecular weight is 603 g/mol. The summed E-state index contributed by atoms with van der Waals surface area (Å²) in [5.74, 6) is -2.79. The van der Waals surface area contributed by atoms with Gasteiger partial charge in [0.1, 0.15) is 23.2 Å². The lowest BCUT2D eigenvalue weighted by Crippen LogP contribution is -2.35. The third-order valence-electron chi connectivity index (χ3n) is 7.74. The van der Waals surface area contributed by atoms with E-state index in [4.69, 9.17) is 5.73 Å². The van der Waals surface area contributed by atoms with Gasteiger partial charge in [-0.1, -0.05) is 36.4 Å². The largest absolute Gasteiger partial charge is 0.368 e. The number of halogens is 2. The van der Waals surface area contributed by atoms with Crippen LogP contribution in [-0.2, 0) is 40.4 Å². The molecule has 1 aliphatic rings. The summed E-state index contributed by atoms with van der Waals surface area (Å²) in [4.78, 5) is 28.4. The number of anilines is 2. The molecule has 0 aliphatic carbocycles. The van der Waals surface area contributed by atoms with Gasteiger partial charge in [-0.3, -0.25) is 9.59 Å². The average Bonchev–Trinajstić information content (AvgIpc) is 3.26. The van der Waals surface area contributed by atoms with Crippen LogP contribution >= 0.6 is 0 Å². The molecule has 0 spiro atoms. The van der Waals surface area contributed by atoms with Crippen molar-refractivity contribution in [1.29, 1.82) is 0 Å². The molecule has 3 aromatic carbocycles. The minimum Gasteiger partial charge on any atom is -0.368 e. The van der Waals surface area contributed by atoms with E-state index in [2.05, 4.69) is 0 Å². The molecule has 43 heavy (non-hydrogen) atoms. The van der Waals surface area contributed by atoms with Gasteiger partial charge >= 0.3 is 0 Å². The van der Waals surface area contributed by atoms with Crippen LogP contribution in [0.1, 0.15) is 22.7 Å². The van der Waals surface area contributed by atoms with Crippen LogP contribution in [0, 0.1) is 11.6 Å². The third kappa shape index (κ3) is 5.10. The predicted octanol–water partition coefficient (Wildman–Crippen LogP) is 4.75. The lowest BCUT2D eigenvalue weighted by Gasteiger charge is -2.32. The van der Waals surface area contributed by atoms with Gasteiger partial charge in [-0.05, 0) is 41.8 Å². The quantitative estimate of drug-likeness (QED) is 0.289. The highest BCUT2D eigenvalue weighted by molar-refractivity contribution is 7.89. The van der Waals surface area contributed by atoms with Crippen molar-refractivity contribution in [3.63, 3.8) is 0 Å². The van der Waals surface area contributed by atoms with E-state index in [-0.39, 0.29) is 17.0 Å². The van der Waals surface area contributed by atoms with Crippen molar-refractivity contribution in [3.8, 4) is 11.1 Å². The number of hydrogen-bond acceptors (Lipinski definition) is 5. The molecule has 1 unspecified atom stereocenters.